The number of nitrogens with one attached hydrogen (secondary N) is 1. The van der Waals surface area contributed by atoms with Crippen LogP contribution in [0.15, 0.2) is 24.3 Å². The molecule has 1 aliphatic carbocycles. The molecule has 11 heteroatoms. The summed E-state index contributed by atoms with van der Waals surface area (Å²) in [5.41, 5.74) is 0.909. The number of carbonyl (C=O) groups is 1. The molecule has 2 aromatic rings. The molecule has 3 aliphatic rings. The van der Waals surface area contributed by atoms with Crippen LogP contribution in [0, 0.1) is 21.8 Å². The van der Waals surface area contributed by atoms with Crippen LogP contribution in [0.5, 0.6) is 0 Å². The van der Waals surface area contributed by atoms with Gasteiger partial charge in [-0.15, -0.1) is 0 Å². The maximum atomic E-state index is 13.6. The third kappa shape index (κ3) is 4.92. The quantitative estimate of drug-likeness (QED) is 0.369. The van der Waals surface area contributed by atoms with Crippen LogP contribution >= 0.6 is 22.6 Å². The first-order valence-corrected chi connectivity index (χ1v) is 12.8. The number of fused-ring (bicyclic) bond motifs is 1. The Morgan fingerprint density at radius 2 is 1.83 bits per heavy atom. The number of halogens is 5. The van der Waals surface area contributed by atoms with E-state index in [2.05, 4.69) is 37.9 Å². The molecule has 0 bridgehead atoms. The van der Waals surface area contributed by atoms with Gasteiger partial charge >= 0.3 is 0 Å². The predicted molar refractivity (Wildman–Crippen MR) is 134 cm³/mol. The molecule has 2 aliphatic heterocycles. The molecule has 1 aromatic heterocycles. The van der Waals surface area contributed by atoms with Gasteiger partial charge in [0.2, 0.25) is 12.4 Å². The highest BCUT2D eigenvalue weighted by Gasteiger charge is 2.62. The largest absolute Gasteiger partial charge is 0.371 e. The van der Waals surface area contributed by atoms with Crippen molar-refractivity contribution in [3.8, 4) is 0 Å². The number of aryl methyl sites for hydroxylation is 1. The molecule has 0 radical (unpaired) electrons. The average molecular weight is 603 g/mol. The number of amides is 1. The van der Waals surface area contributed by atoms with Crippen LogP contribution in [0.1, 0.15) is 41.7 Å². The van der Waals surface area contributed by atoms with Crippen molar-refractivity contribution in [2.75, 3.05) is 41.3 Å². The second-order valence-corrected chi connectivity index (χ2v) is 11.0. The number of benzene rings is 1. The van der Waals surface area contributed by atoms with Gasteiger partial charge in [0.1, 0.15) is 5.82 Å². The predicted octanol–water partition coefficient (Wildman–Crippen LogP) is 5.36. The number of hydrogen-bond acceptors (Lipinski definition) is 5. The van der Waals surface area contributed by atoms with E-state index in [-0.39, 0.29) is 43.6 Å². The summed E-state index contributed by atoms with van der Waals surface area (Å²) in [4.78, 5) is 25.8. The molecule has 1 aromatic carbocycles. The van der Waals surface area contributed by atoms with E-state index in [4.69, 9.17) is 0 Å². The summed E-state index contributed by atoms with van der Waals surface area (Å²) in [6.45, 7) is 3.01. The van der Waals surface area contributed by atoms with Crippen molar-refractivity contribution in [1.82, 2.24) is 9.97 Å². The molecule has 3 heterocycles. The van der Waals surface area contributed by atoms with E-state index in [9.17, 15) is 22.4 Å². The van der Waals surface area contributed by atoms with Crippen LogP contribution in [0.4, 0.5) is 35.0 Å². The molecule has 35 heavy (non-hydrogen) atoms. The zero-order chi connectivity index (χ0) is 25.0. The van der Waals surface area contributed by atoms with Gasteiger partial charge in [-0.1, -0.05) is 0 Å². The van der Waals surface area contributed by atoms with Crippen LogP contribution in [-0.4, -0.2) is 54.4 Å². The van der Waals surface area contributed by atoms with Crippen molar-refractivity contribution in [2.45, 2.75) is 45.0 Å². The van der Waals surface area contributed by atoms with E-state index < -0.39 is 17.8 Å². The minimum Gasteiger partial charge on any atom is -0.371 e. The number of aromatic nitrogens is 2. The normalized spacial score (nSPS) is 25.4. The first-order valence-electron chi connectivity index (χ1n) is 11.7. The summed E-state index contributed by atoms with van der Waals surface area (Å²) < 4.78 is 55.0. The molecule has 6 nitrogen and oxygen atoms in total. The molecular formula is C24H26F4IN5O. The zero-order valence-electron chi connectivity index (χ0n) is 19.2. The third-order valence-electron chi connectivity index (χ3n) is 7.41. The standard InChI is InChI=1S/C24H26F4IN5O/c1-14-10-19(32-22(30-14)33-8-5-24(27,28)6-9-33)31-20(35)17-3-2-16(29)11-18(17)34-7-4-23(21(25)26)12-15(23)13-34/h2-3,10-11,15,21H,4-9,12-13H2,1H3,(H,30,31,32,35)/t15-,23+/m0/s1. The van der Waals surface area contributed by atoms with Crippen molar-refractivity contribution in [3.05, 3.63) is 39.1 Å². The molecule has 2 saturated heterocycles. The number of alkyl halides is 4. The van der Waals surface area contributed by atoms with E-state index in [1.54, 1.807) is 24.0 Å². The van der Waals surface area contributed by atoms with Gasteiger partial charge in [-0.25, -0.2) is 22.5 Å². The Labute approximate surface area is 214 Å². The summed E-state index contributed by atoms with van der Waals surface area (Å²) >= 11 is 2.17. The Hall–Kier alpha value is -2.18. The van der Waals surface area contributed by atoms with Gasteiger partial charge in [0.15, 0.2) is 0 Å². The third-order valence-corrected chi connectivity index (χ3v) is 8.08. The number of nitrogens with zero attached hydrogens (tertiary/aromatic N) is 4. The fourth-order valence-electron chi connectivity index (χ4n) is 5.18. The number of hydrogen-bond donors (Lipinski definition) is 1. The van der Waals surface area contributed by atoms with E-state index in [0.717, 1.165) is 3.57 Å². The fraction of sp³-hybridized carbons (Fsp3) is 0.542. The molecule has 188 valence electrons. The zero-order valence-corrected chi connectivity index (χ0v) is 21.4. The minimum atomic E-state index is -2.68. The Bertz CT molecular complexity index is 1140. The lowest BCUT2D eigenvalue weighted by Gasteiger charge is -2.34. The summed E-state index contributed by atoms with van der Waals surface area (Å²) in [5.74, 6) is -2.51. The van der Waals surface area contributed by atoms with E-state index >= 15 is 0 Å². The summed E-state index contributed by atoms with van der Waals surface area (Å²) in [6.07, 6.45) is -1.90. The lowest BCUT2D eigenvalue weighted by atomic mass is 9.95. The molecular weight excluding hydrogens is 577 g/mol. The molecule has 1 N–H and O–H groups in total. The maximum absolute atomic E-state index is 13.6. The second-order valence-electron chi connectivity index (χ2n) is 9.78. The van der Waals surface area contributed by atoms with Crippen molar-refractivity contribution in [2.24, 2.45) is 11.3 Å². The molecule has 0 unspecified atom stereocenters. The average Bonchev–Trinajstić information content (AvgIpc) is 3.54. The van der Waals surface area contributed by atoms with Crippen LogP contribution in [0.3, 0.4) is 0 Å². The van der Waals surface area contributed by atoms with Crippen molar-refractivity contribution >= 4 is 46.0 Å². The number of anilines is 3. The van der Waals surface area contributed by atoms with Crippen molar-refractivity contribution in [1.29, 1.82) is 0 Å². The van der Waals surface area contributed by atoms with Crippen LogP contribution in [0.25, 0.3) is 0 Å². The van der Waals surface area contributed by atoms with Gasteiger partial charge in [0.25, 0.3) is 11.8 Å². The van der Waals surface area contributed by atoms with Gasteiger partial charge in [0.05, 0.1) is 11.3 Å². The van der Waals surface area contributed by atoms with E-state index in [1.807, 2.05) is 17.0 Å². The first kappa shape index (κ1) is 24.5. The Morgan fingerprint density at radius 3 is 2.51 bits per heavy atom. The smallest absolute Gasteiger partial charge is 0.258 e. The molecule has 2 atom stereocenters. The van der Waals surface area contributed by atoms with Crippen LogP contribution < -0.4 is 15.1 Å². The van der Waals surface area contributed by atoms with Gasteiger partial charge in [-0.05, 0) is 66.5 Å². The molecule has 0 spiro atoms. The number of carbonyl (C=O) groups excluding carboxylic acids is 1. The van der Waals surface area contributed by atoms with E-state index in [0.29, 0.717) is 48.8 Å². The first-order chi connectivity index (χ1) is 16.6. The lowest BCUT2D eigenvalue weighted by Crippen LogP contribution is -2.40. The SMILES string of the molecule is Cc1cc(NC(=O)c2ccc(I)cc2N2CC[C@@]3(C(F)F)C[C@H]3C2)nc(N2CCC(F)(F)CC2)n1. The summed E-state index contributed by atoms with van der Waals surface area (Å²) in [7, 11) is 0. The number of piperidine rings is 2. The highest BCUT2D eigenvalue weighted by atomic mass is 127. The Kier molecular flexibility index (Phi) is 6.33. The monoisotopic (exact) mass is 603 g/mol. The second kappa shape index (κ2) is 9.04. The minimum absolute atomic E-state index is 0.0611. The molecule has 1 saturated carbocycles. The lowest BCUT2D eigenvalue weighted by molar-refractivity contribution is -0.0222. The topological polar surface area (TPSA) is 61.4 Å². The van der Waals surface area contributed by atoms with Gasteiger partial charge in [0, 0.05) is 59.8 Å². The van der Waals surface area contributed by atoms with Crippen LogP contribution in [0.2, 0.25) is 0 Å². The highest BCUT2D eigenvalue weighted by Crippen LogP contribution is 2.61. The van der Waals surface area contributed by atoms with Gasteiger partial charge in [-0.2, -0.15) is 4.98 Å². The summed E-state index contributed by atoms with van der Waals surface area (Å²) in [5, 5.41) is 2.83. The van der Waals surface area contributed by atoms with Gasteiger partial charge < -0.3 is 15.1 Å². The van der Waals surface area contributed by atoms with Crippen molar-refractivity contribution < 1.29 is 22.4 Å². The molecule has 1 amide bonds. The Balaban J connectivity index is 1.34. The van der Waals surface area contributed by atoms with Crippen LogP contribution in [-0.2, 0) is 0 Å². The van der Waals surface area contributed by atoms with Gasteiger partial charge in [-0.3, -0.25) is 4.79 Å². The number of rotatable bonds is 5. The highest BCUT2D eigenvalue weighted by molar-refractivity contribution is 14.1. The van der Waals surface area contributed by atoms with Crippen molar-refractivity contribution in [3.63, 3.8) is 0 Å². The Morgan fingerprint density at radius 1 is 1.11 bits per heavy atom. The maximum Gasteiger partial charge on any atom is 0.258 e. The summed E-state index contributed by atoms with van der Waals surface area (Å²) in [6, 6.07) is 7.09. The van der Waals surface area contributed by atoms with E-state index in [1.165, 1.54) is 0 Å². The fourth-order valence-corrected chi connectivity index (χ4v) is 5.66. The molecule has 5 rings (SSSR count). The molecule has 3 fully saturated rings.